The predicted molar refractivity (Wildman–Crippen MR) is 73.7 cm³/mol. The van der Waals surface area contributed by atoms with Gasteiger partial charge in [0, 0.05) is 6.08 Å². The molecule has 1 fully saturated rings. The van der Waals surface area contributed by atoms with Crippen molar-refractivity contribution < 1.29 is 20.1 Å². The summed E-state index contributed by atoms with van der Waals surface area (Å²) in [5.41, 5.74) is -0.917. The summed E-state index contributed by atoms with van der Waals surface area (Å²) >= 11 is 0. The molecule has 108 valence electrons. The van der Waals surface area contributed by atoms with Gasteiger partial charge >= 0.3 is 5.97 Å². The molecule has 3 atom stereocenters. The third-order valence-electron chi connectivity index (χ3n) is 4.16. The first-order valence-corrected chi connectivity index (χ1v) is 6.59. The van der Waals surface area contributed by atoms with Crippen LogP contribution in [0.2, 0.25) is 0 Å². The third-order valence-corrected chi connectivity index (χ3v) is 4.16. The highest BCUT2D eigenvalue weighted by atomic mass is 16.4. The normalized spacial score (nSPS) is 35.6. The van der Waals surface area contributed by atoms with Gasteiger partial charge in [0.25, 0.3) is 0 Å². The highest BCUT2D eigenvalue weighted by molar-refractivity contribution is 5.81. The maximum Gasteiger partial charge on any atom is 0.328 e. The van der Waals surface area contributed by atoms with E-state index in [1.807, 2.05) is 20.8 Å². The SMILES string of the molecule is CC(=C/C(=O)O)/C=C/[C@]1(O)C(C)C[C@@H](O)CC1(C)C. The van der Waals surface area contributed by atoms with Crippen molar-refractivity contribution in [2.75, 3.05) is 0 Å². The summed E-state index contributed by atoms with van der Waals surface area (Å²) in [7, 11) is 0. The summed E-state index contributed by atoms with van der Waals surface area (Å²) in [5.74, 6) is -1.08. The summed E-state index contributed by atoms with van der Waals surface area (Å²) in [6.07, 6.45) is 5.11. The fourth-order valence-corrected chi connectivity index (χ4v) is 2.98. The number of carbonyl (C=O) groups is 1. The molecule has 0 aliphatic heterocycles. The standard InChI is InChI=1S/C15H24O4/c1-10(7-13(17)18)5-6-15(19)11(2)8-12(16)9-14(15,3)4/h5-7,11-12,16,19H,8-9H2,1-4H3,(H,17,18)/b6-5+,10-7-/t11?,12-,15+/m1/s1. The first kappa shape index (κ1) is 15.9. The second kappa shape index (κ2) is 5.47. The number of aliphatic hydroxyl groups is 2. The minimum Gasteiger partial charge on any atom is -0.478 e. The number of rotatable bonds is 3. The molecule has 1 saturated carbocycles. The van der Waals surface area contributed by atoms with Crippen LogP contribution in [0.1, 0.15) is 40.5 Å². The van der Waals surface area contributed by atoms with Crippen LogP contribution in [0.3, 0.4) is 0 Å². The summed E-state index contributed by atoms with van der Waals surface area (Å²) in [6.45, 7) is 7.44. The minimum atomic E-state index is -1.04. The molecular weight excluding hydrogens is 244 g/mol. The van der Waals surface area contributed by atoms with Crippen molar-refractivity contribution in [1.82, 2.24) is 0 Å². The predicted octanol–water partition coefficient (Wildman–Crippen LogP) is 2.12. The molecule has 0 aromatic rings. The van der Waals surface area contributed by atoms with Gasteiger partial charge in [0.05, 0.1) is 11.7 Å². The van der Waals surface area contributed by atoms with Crippen LogP contribution in [0.5, 0.6) is 0 Å². The fraction of sp³-hybridized carbons (Fsp3) is 0.667. The van der Waals surface area contributed by atoms with Crippen LogP contribution in [-0.2, 0) is 4.79 Å². The monoisotopic (exact) mass is 268 g/mol. The van der Waals surface area contributed by atoms with Gasteiger partial charge in [0.1, 0.15) is 0 Å². The lowest BCUT2D eigenvalue weighted by Crippen LogP contribution is -2.54. The summed E-state index contributed by atoms with van der Waals surface area (Å²) in [6, 6.07) is 0. The van der Waals surface area contributed by atoms with Crippen LogP contribution in [0.15, 0.2) is 23.8 Å². The van der Waals surface area contributed by atoms with Gasteiger partial charge in [-0.2, -0.15) is 0 Å². The number of carboxylic acid groups (broad SMARTS) is 1. The Hall–Kier alpha value is -1.13. The van der Waals surface area contributed by atoms with E-state index in [1.54, 1.807) is 19.1 Å². The molecule has 0 bridgehead atoms. The van der Waals surface area contributed by atoms with Gasteiger partial charge in [-0.3, -0.25) is 0 Å². The van der Waals surface area contributed by atoms with Crippen molar-refractivity contribution in [1.29, 1.82) is 0 Å². The van der Waals surface area contributed by atoms with E-state index in [4.69, 9.17) is 5.11 Å². The van der Waals surface area contributed by atoms with Gasteiger partial charge < -0.3 is 15.3 Å². The summed E-state index contributed by atoms with van der Waals surface area (Å²) in [4.78, 5) is 10.6. The molecular formula is C15H24O4. The first-order chi connectivity index (χ1) is 8.58. The van der Waals surface area contributed by atoms with E-state index in [0.717, 1.165) is 6.08 Å². The number of hydrogen-bond donors (Lipinski definition) is 3. The van der Waals surface area contributed by atoms with Crippen LogP contribution in [0.4, 0.5) is 0 Å². The number of allylic oxidation sites excluding steroid dienone is 2. The molecule has 0 heterocycles. The maximum atomic E-state index is 10.9. The van der Waals surface area contributed by atoms with Gasteiger partial charge in [-0.15, -0.1) is 0 Å². The lowest BCUT2D eigenvalue weighted by atomic mass is 9.60. The van der Waals surface area contributed by atoms with E-state index in [2.05, 4.69) is 0 Å². The second-order valence-electron chi connectivity index (χ2n) is 6.26. The first-order valence-electron chi connectivity index (χ1n) is 6.59. The van der Waals surface area contributed by atoms with Gasteiger partial charge in [0.15, 0.2) is 0 Å². The summed E-state index contributed by atoms with van der Waals surface area (Å²) in [5, 5.41) is 29.4. The van der Waals surface area contributed by atoms with Crippen molar-refractivity contribution in [2.24, 2.45) is 11.3 Å². The molecule has 0 spiro atoms. The molecule has 19 heavy (non-hydrogen) atoms. The molecule has 0 aromatic carbocycles. The zero-order chi connectivity index (χ0) is 14.8. The Bertz CT molecular complexity index is 408. The third kappa shape index (κ3) is 3.45. The van der Waals surface area contributed by atoms with Crippen LogP contribution in [0.25, 0.3) is 0 Å². The average molecular weight is 268 g/mol. The largest absolute Gasteiger partial charge is 0.478 e. The Kier molecular flexibility index (Phi) is 4.59. The van der Waals surface area contributed by atoms with Crippen molar-refractivity contribution in [3.63, 3.8) is 0 Å². The van der Waals surface area contributed by atoms with Crippen LogP contribution < -0.4 is 0 Å². The number of hydrogen-bond acceptors (Lipinski definition) is 3. The zero-order valence-electron chi connectivity index (χ0n) is 12.1. The van der Waals surface area contributed by atoms with E-state index >= 15 is 0 Å². The Morgan fingerprint density at radius 3 is 2.42 bits per heavy atom. The number of carboxylic acids is 1. The van der Waals surface area contributed by atoms with Crippen LogP contribution in [0, 0.1) is 11.3 Å². The van der Waals surface area contributed by atoms with Gasteiger partial charge in [0.2, 0.25) is 0 Å². The molecule has 0 aromatic heterocycles. The molecule has 1 rings (SSSR count). The van der Waals surface area contributed by atoms with E-state index in [-0.39, 0.29) is 5.92 Å². The summed E-state index contributed by atoms with van der Waals surface area (Å²) < 4.78 is 0. The quantitative estimate of drug-likeness (QED) is 0.541. The topological polar surface area (TPSA) is 77.8 Å². The highest BCUT2D eigenvalue weighted by Crippen LogP contribution is 2.48. The Morgan fingerprint density at radius 1 is 1.37 bits per heavy atom. The lowest BCUT2D eigenvalue weighted by Gasteiger charge is -2.50. The molecule has 1 aliphatic carbocycles. The smallest absolute Gasteiger partial charge is 0.328 e. The molecule has 0 amide bonds. The number of aliphatic hydroxyl groups excluding tert-OH is 1. The highest BCUT2D eigenvalue weighted by Gasteiger charge is 2.50. The lowest BCUT2D eigenvalue weighted by molar-refractivity contribution is -0.131. The van der Waals surface area contributed by atoms with E-state index in [0.29, 0.717) is 18.4 Å². The minimum absolute atomic E-state index is 0.0832. The molecule has 4 nitrogen and oxygen atoms in total. The Morgan fingerprint density at radius 2 is 1.95 bits per heavy atom. The average Bonchev–Trinajstić information content (AvgIpc) is 2.21. The van der Waals surface area contributed by atoms with Crippen molar-refractivity contribution >= 4 is 5.97 Å². The maximum absolute atomic E-state index is 10.9. The van der Waals surface area contributed by atoms with Gasteiger partial charge in [-0.05, 0) is 36.7 Å². The Labute approximate surface area is 114 Å². The van der Waals surface area contributed by atoms with Crippen LogP contribution in [-0.4, -0.2) is 33.0 Å². The van der Waals surface area contributed by atoms with Crippen molar-refractivity contribution in [2.45, 2.75) is 52.2 Å². The van der Waals surface area contributed by atoms with Crippen molar-refractivity contribution in [3.8, 4) is 0 Å². The molecule has 4 heteroatoms. The second-order valence-corrected chi connectivity index (χ2v) is 6.26. The van der Waals surface area contributed by atoms with Gasteiger partial charge in [-0.25, -0.2) is 4.79 Å². The van der Waals surface area contributed by atoms with E-state index < -0.39 is 23.1 Å². The van der Waals surface area contributed by atoms with Crippen molar-refractivity contribution in [3.05, 3.63) is 23.8 Å². The van der Waals surface area contributed by atoms with E-state index in [9.17, 15) is 15.0 Å². The van der Waals surface area contributed by atoms with Crippen LogP contribution >= 0.6 is 0 Å². The molecule has 1 aliphatic rings. The van der Waals surface area contributed by atoms with E-state index in [1.165, 1.54) is 0 Å². The Balaban J connectivity index is 3.01. The molecule has 0 saturated heterocycles. The number of aliphatic carboxylic acids is 1. The molecule has 0 radical (unpaired) electrons. The fourth-order valence-electron chi connectivity index (χ4n) is 2.98. The van der Waals surface area contributed by atoms with Gasteiger partial charge in [-0.1, -0.05) is 32.9 Å². The molecule has 3 N–H and O–H groups in total. The zero-order valence-corrected chi connectivity index (χ0v) is 12.1. The molecule has 1 unspecified atom stereocenters.